The molecule has 0 atom stereocenters. The average Bonchev–Trinajstić information content (AvgIpc) is 3.22. The number of hydrogen-bond donors (Lipinski definition) is 1. The van der Waals surface area contributed by atoms with Crippen molar-refractivity contribution in [2.45, 2.75) is 18.1 Å². The fourth-order valence-corrected chi connectivity index (χ4v) is 3.71. The highest BCUT2D eigenvalue weighted by Crippen LogP contribution is 2.37. The summed E-state index contributed by atoms with van der Waals surface area (Å²) in [5.74, 6) is 0. The molecule has 0 amide bonds. The van der Waals surface area contributed by atoms with Gasteiger partial charge in [-0.15, -0.1) is 0 Å². The molecule has 1 fully saturated rings. The first kappa shape index (κ1) is 12.2. The summed E-state index contributed by atoms with van der Waals surface area (Å²) < 4.78 is 25.9. The van der Waals surface area contributed by atoms with Crippen LogP contribution in [0.25, 0.3) is 11.0 Å². The molecule has 0 aliphatic heterocycles. The van der Waals surface area contributed by atoms with Crippen molar-refractivity contribution in [1.82, 2.24) is 9.97 Å². The van der Waals surface area contributed by atoms with E-state index in [4.69, 9.17) is 5.73 Å². The second kappa shape index (κ2) is 4.06. The lowest BCUT2D eigenvalue weighted by Crippen LogP contribution is -2.30. The van der Waals surface area contributed by atoms with E-state index in [9.17, 15) is 8.42 Å². The maximum Gasteiger partial charge on any atom is 0.237 e. The predicted molar refractivity (Wildman–Crippen MR) is 74.3 cm³/mol. The number of hydrogen-bond acceptors (Lipinski definition) is 5. The number of aromatic nitrogens is 2. The van der Waals surface area contributed by atoms with Gasteiger partial charge in [0.2, 0.25) is 10.0 Å². The Kier molecular flexibility index (Phi) is 2.60. The van der Waals surface area contributed by atoms with E-state index in [1.54, 1.807) is 18.3 Å². The standard InChI is InChI=1S/C12H14N4O2S/c1-16(19(17,18)8-2-3-8)12-9(13)4-5-10-11(12)15-7-6-14-10/h4-8H,2-3,13H2,1H3. The fourth-order valence-electron chi connectivity index (χ4n) is 2.09. The van der Waals surface area contributed by atoms with Crippen molar-refractivity contribution in [3.05, 3.63) is 24.5 Å². The number of fused-ring (bicyclic) bond motifs is 1. The molecule has 1 aliphatic carbocycles. The summed E-state index contributed by atoms with van der Waals surface area (Å²) >= 11 is 0. The minimum Gasteiger partial charge on any atom is -0.397 e. The van der Waals surface area contributed by atoms with Crippen LogP contribution in [0.2, 0.25) is 0 Å². The summed E-state index contributed by atoms with van der Waals surface area (Å²) in [4.78, 5) is 8.38. The van der Waals surface area contributed by atoms with Crippen molar-refractivity contribution in [3.63, 3.8) is 0 Å². The Bertz CT molecular complexity index is 740. The van der Waals surface area contributed by atoms with Gasteiger partial charge in [0.15, 0.2) is 0 Å². The lowest BCUT2D eigenvalue weighted by molar-refractivity contribution is 0.593. The summed E-state index contributed by atoms with van der Waals surface area (Å²) in [6.07, 6.45) is 4.52. The zero-order valence-corrected chi connectivity index (χ0v) is 11.3. The van der Waals surface area contributed by atoms with Crippen LogP contribution in [0, 0.1) is 0 Å². The summed E-state index contributed by atoms with van der Waals surface area (Å²) in [6, 6.07) is 3.39. The largest absolute Gasteiger partial charge is 0.397 e. The van der Waals surface area contributed by atoms with Crippen LogP contribution in [0.15, 0.2) is 24.5 Å². The van der Waals surface area contributed by atoms with E-state index in [-0.39, 0.29) is 5.25 Å². The van der Waals surface area contributed by atoms with Gasteiger partial charge >= 0.3 is 0 Å². The van der Waals surface area contributed by atoms with Crippen molar-refractivity contribution in [2.24, 2.45) is 0 Å². The zero-order valence-electron chi connectivity index (χ0n) is 10.4. The first-order valence-electron chi connectivity index (χ1n) is 5.99. The van der Waals surface area contributed by atoms with Gasteiger partial charge in [-0.2, -0.15) is 0 Å². The van der Waals surface area contributed by atoms with E-state index in [0.29, 0.717) is 35.2 Å². The van der Waals surface area contributed by atoms with Gasteiger partial charge in [0, 0.05) is 19.4 Å². The van der Waals surface area contributed by atoms with Crippen LogP contribution < -0.4 is 10.0 Å². The molecule has 2 N–H and O–H groups in total. The van der Waals surface area contributed by atoms with Crippen molar-refractivity contribution >= 4 is 32.4 Å². The van der Waals surface area contributed by atoms with Crippen LogP contribution in [0.4, 0.5) is 11.4 Å². The van der Waals surface area contributed by atoms with Crippen LogP contribution >= 0.6 is 0 Å². The lowest BCUT2D eigenvalue weighted by atomic mass is 10.2. The minimum absolute atomic E-state index is 0.288. The Morgan fingerprint density at radius 3 is 2.63 bits per heavy atom. The Labute approximate surface area is 111 Å². The van der Waals surface area contributed by atoms with Crippen molar-refractivity contribution < 1.29 is 8.42 Å². The minimum atomic E-state index is -3.35. The molecule has 100 valence electrons. The molecule has 1 aliphatic rings. The monoisotopic (exact) mass is 278 g/mol. The molecular formula is C12H14N4O2S. The van der Waals surface area contributed by atoms with Gasteiger partial charge in [0.1, 0.15) is 11.2 Å². The quantitative estimate of drug-likeness (QED) is 0.850. The number of anilines is 2. The van der Waals surface area contributed by atoms with Crippen LogP contribution in [-0.4, -0.2) is 30.7 Å². The van der Waals surface area contributed by atoms with Gasteiger partial charge in [-0.05, 0) is 25.0 Å². The van der Waals surface area contributed by atoms with Crippen LogP contribution in [0.1, 0.15) is 12.8 Å². The Hall–Kier alpha value is -1.89. The normalized spacial score (nSPS) is 15.6. The van der Waals surface area contributed by atoms with E-state index < -0.39 is 10.0 Å². The first-order chi connectivity index (χ1) is 9.01. The van der Waals surface area contributed by atoms with Crippen molar-refractivity contribution in [1.29, 1.82) is 0 Å². The van der Waals surface area contributed by atoms with Gasteiger partial charge in [0.25, 0.3) is 0 Å². The van der Waals surface area contributed by atoms with E-state index >= 15 is 0 Å². The predicted octanol–water partition coefficient (Wildman–Crippen LogP) is 1.14. The molecule has 7 heteroatoms. The van der Waals surface area contributed by atoms with Crippen molar-refractivity contribution in [2.75, 3.05) is 17.1 Å². The highest BCUT2D eigenvalue weighted by atomic mass is 32.2. The van der Waals surface area contributed by atoms with Crippen LogP contribution in [0.5, 0.6) is 0 Å². The number of benzene rings is 1. The highest BCUT2D eigenvalue weighted by Gasteiger charge is 2.39. The molecule has 0 bridgehead atoms. The van der Waals surface area contributed by atoms with Gasteiger partial charge in [-0.3, -0.25) is 14.3 Å². The molecular weight excluding hydrogens is 264 g/mol. The molecule has 1 aromatic carbocycles. The molecule has 1 heterocycles. The third-order valence-corrected chi connectivity index (χ3v) is 5.55. The second-order valence-electron chi connectivity index (χ2n) is 4.64. The van der Waals surface area contributed by atoms with E-state index in [1.807, 2.05) is 0 Å². The molecule has 19 heavy (non-hydrogen) atoms. The molecule has 1 aromatic heterocycles. The van der Waals surface area contributed by atoms with E-state index in [0.717, 1.165) is 0 Å². The van der Waals surface area contributed by atoms with Crippen molar-refractivity contribution in [3.8, 4) is 0 Å². The first-order valence-corrected chi connectivity index (χ1v) is 7.49. The second-order valence-corrected chi connectivity index (χ2v) is 6.88. The molecule has 0 spiro atoms. The highest BCUT2D eigenvalue weighted by molar-refractivity contribution is 7.93. The molecule has 6 nitrogen and oxygen atoms in total. The third kappa shape index (κ3) is 1.90. The Morgan fingerprint density at radius 1 is 1.26 bits per heavy atom. The zero-order chi connectivity index (χ0) is 13.6. The summed E-state index contributed by atoms with van der Waals surface area (Å²) in [6.45, 7) is 0. The van der Waals surface area contributed by atoms with Gasteiger partial charge in [-0.1, -0.05) is 0 Å². The van der Waals surface area contributed by atoms with E-state index in [2.05, 4.69) is 9.97 Å². The fraction of sp³-hybridized carbons (Fsp3) is 0.333. The Balaban J connectivity index is 2.21. The molecule has 0 unspecified atom stereocenters. The molecule has 2 aromatic rings. The van der Waals surface area contributed by atoms with Gasteiger partial charge in [-0.25, -0.2) is 8.42 Å². The molecule has 1 saturated carbocycles. The van der Waals surface area contributed by atoms with Gasteiger partial charge in [0.05, 0.1) is 16.5 Å². The summed E-state index contributed by atoms with van der Waals surface area (Å²) in [7, 11) is -1.83. The molecule has 3 rings (SSSR count). The summed E-state index contributed by atoms with van der Waals surface area (Å²) in [5, 5.41) is -0.288. The Morgan fingerprint density at radius 2 is 1.95 bits per heavy atom. The lowest BCUT2D eigenvalue weighted by Gasteiger charge is -2.21. The number of rotatable bonds is 3. The molecule has 0 radical (unpaired) electrons. The smallest absolute Gasteiger partial charge is 0.237 e. The number of nitrogens with zero attached hydrogens (tertiary/aromatic N) is 3. The van der Waals surface area contributed by atoms with Crippen LogP contribution in [0.3, 0.4) is 0 Å². The topological polar surface area (TPSA) is 89.2 Å². The van der Waals surface area contributed by atoms with E-state index in [1.165, 1.54) is 17.5 Å². The average molecular weight is 278 g/mol. The maximum atomic E-state index is 12.3. The SMILES string of the molecule is CN(c1c(N)ccc2nccnc12)S(=O)(=O)C1CC1. The molecule has 0 saturated heterocycles. The summed E-state index contributed by atoms with van der Waals surface area (Å²) in [5.41, 5.74) is 7.87. The van der Waals surface area contributed by atoms with Crippen LogP contribution in [-0.2, 0) is 10.0 Å². The number of sulfonamides is 1. The van der Waals surface area contributed by atoms with Gasteiger partial charge < -0.3 is 5.73 Å². The third-order valence-electron chi connectivity index (χ3n) is 3.29. The number of nitrogen functional groups attached to an aromatic ring is 1. The number of nitrogens with two attached hydrogens (primary N) is 1. The maximum absolute atomic E-state index is 12.3.